The van der Waals surface area contributed by atoms with Gasteiger partial charge in [-0.05, 0) is 37.0 Å². The summed E-state index contributed by atoms with van der Waals surface area (Å²) in [7, 11) is 0. The van der Waals surface area contributed by atoms with Crippen molar-refractivity contribution in [2.75, 3.05) is 6.61 Å². The highest BCUT2D eigenvalue weighted by atomic mass is 79.9. The molecular weight excluding hydrogens is 311 g/mol. The van der Waals surface area contributed by atoms with E-state index in [4.69, 9.17) is 9.47 Å². The molecule has 4 heteroatoms. The van der Waals surface area contributed by atoms with Crippen LogP contribution in [0.2, 0.25) is 0 Å². The van der Waals surface area contributed by atoms with Crippen LogP contribution in [0.1, 0.15) is 37.7 Å². The fourth-order valence-corrected chi connectivity index (χ4v) is 3.29. The van der Waals surface area contributed by atoms with Crippen molar-refractivity contribution in [3.8, 4) is 5.75 Å². The summed E-state index contributed by atoms with van der Waals surface area (Å²) >= 11 is 3.35. The van der Waals surface area contributed by atoms with E-state index >= 15 is 0 Å². The summed E-state index contributed by atoms with van der Waals surface area (Å²) in [6.07, 6.45) is 5.51. The van der Waals surface area contributed by atoms with Gasteiger partial charge >= 0.3 is 0 Å². The van der Waals surface area contributed by atoms with Crippen LogP contribution in [0.15, 0.2) is 18.2 Å². The molecule has 2 fully saturated rings. The molecule has 1 saturated carbocycles. The van der Waals surface area contributed by atoms with Gasteiger partial charge in [0.05, 0.1) is 12.2 Å². The molecule has 2 aliphatic rings. The number of benzene rings is 1. The molecule has 2 nitrogen and oxygen atoms in total. The first-order valence-electron chi connectivity index (χ1n) is 6.85. The Kier molecular flexibility index (Phi) is 3.81. The lowest BCUT2D eigenvalue weighted by molar-refractivity contribution is -0.153. The van der Waals surface area contributed by atoms with E-state index in [1.54, 1.807) is 0 Å². The van der Waals surface area contributed by atoms with Gasteiger partial charge < -0.3 is 9.47 Å². The minimum absolute atomic E-state index is 0.0640. The molecule has 0 N–H and O–H groups in total. The summed E-state index contributed by atoms with van der Waals surface area (Å²) in [6, 6.07) is 4.90. The van der Waals surface area contributed by atoms with Crippen molar-refractivity contribution in [1.29, 1.82) is 0 Å². The fraction of sp³-hybridized carbons (Fsp3) is 0.600. The predicted octanol–water partition coefficient (Wildman–Crippen LogP) is 4.20. The third kappa shape index (κ3) is 2.95. The van der Waals surface area contributed by atoms with Crippen molar-refractivity contribution in [2.45, 2.75) is 49.1 Å². The van der Waals surface area contributed by atoms with E-state index in [-0.39, 0.29) is 17.5 Å². The van der Waals surface area contributed by atoms with E-state index in [2.05, 4.69) is 15.9 Å². The molecule has 0 bridgehead atoms. The Balaban J connectivity index is 1.68. The first kappa shape index (κ1) is 13.4. The third-order valence-corrected chi connectivity index (χ3v) is 4.75. The van der Waals surface area contributed by atoms with Crippen molar-refractivity contribution >= 4 is 15.9 Å². The summed E-state index contributed by atoms with van der Waals surface area (Å²) < 4.78 is 25.3. The number of hydrogen-bond acceptors (Lipinski definition) is 2. The van der Waals surface area contributed by atoms with Gasteiger partial charge in [0.15, 0.2) is 0 Å². The Hall–Kier alpha value is -0.610. The SMILES string of the molecule is Fc1cc(CBr)cc(OC2CCOC3(CCC3)C2)c1. The Labute approximate surface area is 121 Å². The largest absolute Gasteiger partial charge is 0.490 e. The van der Waals surface area contributed by atoms with Crippen LogP contribution in [0.5, 0.6) is 5.75 Å². The summed E-state index contributed by atoms with van der Waals surface area (Å²) in [5.41, 5.74) is 0.967. The zero-order valence-corrected chi connectivity index (χ0v) is 12.4. The Morgan fingerprint density at radius 2 is 2.21 bits per heavy atom. The quantitative estimate of drug-likeness (QED) is 0.774. The van der Waals surface area contributed by atoms with Gasteiger partial charge in [0.1, 0.15) is 17.7 Å². The summed E-state index contributed by atoms with van der Waals surface area (Å²) in [6.45, 7) is 0.755. The molecule has 0 amide bonds. The van der Waals surface area contributed by atoms with E-state index in [1.165, 1.54) is 18.6 Å². The summed E-state index contributed by atoms with van der Waals surface area (Å²) in [5, 5.41) is 0.638. The number of halogens is 2. The molecule has 1 spiro atoms. The summed E-state index contributed by atoms with van der Waals surface area (Å²) in [4.78, 5) is 0. The van der Waals surface area contributed by atoms with Crippen molar-refractivity contribution in [1.82, 2.24) is 0 Å². The lowest BCUT2D eigenvalue weighted by Crippen LogP contribution is -2.48. The van der Waals surface area contributed by atoms with Gasteiger partial charge in [-0.2, -0.15) is 0 Å². The minimum Gasteiger partial charge on any atom is -0.490 e. The van der Waals surface area contributed by atoms with Gasteiger partial charge in [0, 0.05) is 24.2 Å². The first-order valence-corrected chi connectivity index (χ1v) is 7.97. The van der Waals surface area contributed by atoms with E-state index in [0.29, 0.717) is 11.1 Å². The highest BCUT2D eigenvalue weighted by molar-refractivity contribution is 9.08. The molecule has 1 aliphatic carbocycles. The Morgan fingerprint density at radius 1 is 1.37 bits per heavy atom. The van der Waals surface area contributed by atoms with Crippen molar-refractivity contribution < 1.29 is 13.9 Å². The molecule has 1 heterocycles. The van der Waals surface area contributed by atoms with Gasteiger partial charge in [0.25, 0.3) is 0 Å². The number of rotatable bonds is 3. The second-order valence-corrected chi connectivity index (χ2v) is 6.11. The van der Waals surface area contributed by atoms with Crippen LogP contribution >= 0.6 is 15.9 Å². The van der Waals surface area contributed by atoms with Crippen molar-refractivity contribution in [2.24, 2.45) is 0 Å². The average molecular weight is 329 g/mol. The standard InChI is InChI=1S/C15H18BrFO2/c16-10-11-6-12(17)8-14(7-11)19-13-2-5-18-15(9-13)3-1-4-15/h6-8,13H,1-5,9-10H2. The maximum Gasteiger partial charge on any atom is 0.127 e. The number of hydrogen-bond donors (Lipinski definition) is 0. The van der Waals surface area contributed by atoms with Gasteiger partial charge in [-0.15, -0.1) is 0 Å². The maximum absolute atomic E-state index is 13.5. The van der Waals surface area contributed by atoms with Crippen molar-refractivity contribution in [3.63, 3.8) is 0 Å². The number of alkyl halides is 1. The molecule has 1 saturated heterocycles. The Morgan fingerprint density at radius 3 is 2.89 bits per heavy atom. The van der Waals surface area contributed by atoms with Gasteiger partial charge in [-0.1, -0.05) is 15.9 Å². The first-order chi connectivity index (χ1) is 9.19. The van der Waals surface area contributed by atoms with Crippen LogP contribution < -0.4 is 4.74 Å². The Bertz CT molecular complexity index is 459. The van der Waals surface area contributed by atoms with Gasteiger partial charge in [0.2, 0.25) is 0 Å². The van der Waals surface area contributed by atoms with Gasteiger partial charge in [-0.3, -0.25) is 0 Å². The minimum atomic E-state index is -0.239. The van der Waals surface area contributed by atoms with Crippen LogP contribution in [0.25, 0.3) is 0 Å². The molecule has 1 aromatic carbocycles. The molecular formula is C15H18BrFO2. The molecule has 0 radical (unpaired) electrons. The van der Waals surface area contributed by atoms with Crippen LogP contribution in [-0.4, -0.2) is 18.3 Å². The molecule has 0 aromatic heterocycles. The van der Waals surface area contributed by atoms with E-state index in [1.807, 2.05) is 6.07 Å². The van der Waals surface area contributed by atoms with Crippen LogP contribution in [-0.2, 0) is 10.1 Å². The van der Waals surface area contributed by atoms with Crippen LogP contribution in [0, 0.1) is 5.82 Å². The average Bonchev–Trinajstić information content (AvgIpc) is 2.36. The predicted molar refractivity (Wildman–Crippen MR) is 75.2 cm³/mol. The molecule has 19 heavy (non-hydrogen) atoms. The van der Waals surface area contributed by atoms with Crippen molar-refractivity contribution in [3.05, 3.63) is 29.6 Å². The molecule has 1 aromatic rings. The highest BCUT2D eigenvalue weighted by Crippen LogP contribution is 2.43. The molecule has 1 aliphatic heterocycles. The smallest absolute Gasteiger partial charge is 0.127 e. The normalized spacial score (nSPS) is 25.1. The highest BCUT2D eigenvalue weighted by Gasteiger charge is 2.43. The molecule has 1 unspecified atom stereocenters. The second-order valence-electron chi connectivity index (χ2n) is 5.55. The van der Waals surface area contributed by atoms with Gasteiger partial charge in [-0.25, -0.2) is 4.39 Å². The fourth-order valence-electron chi connectivity index (χ4n) is 2.96. The van der Waals surface area contributed by atoms with E-state index in [0.717, 1.165) is 37.9 Å². The molecule has 1 atom stereocenters. The zero-order valence-electron chi connectivity index (χ0n) is 10.8. The zero-order chi connectivity index (χ0) is 13.3. The third-order valence-electron chi connectivity index (χ3n) is 4.10. The second kappa shape index (κ2) is 5.41. The molecule has 3 rings (SSSR count). The maximum atomic E-state index is 13.5. The summed E-state index contributed by atoms with van der Waals surface area (Å²) in [5.74, 6) is 0.396. The van der Waals surface area contributed by atoms with Crippen LogP contribution in [0.4, 0.5) is 4.39 Å². The van der Waals surface area contributed by atoms with E-state index < -0.39 is 0 Å². The van der Waals surface area contributed by atoms with E-state index in [9.17, 15) is 4.39 Å². The topological polar surface area (TPSA) is 18.5 Å². The lowest BCUT2D eigenvalue weighted by Gasteiger charge is -2.46. The number of ether oxygens (including phenoxy) is 2. The lowest BCUT2D eigenvalue weighted by atomic mass is 9.74. The monoisotopic (exact) mass is 328 g/mol. The molecule has 104 valence electrons. The van der Waals surface area contributed by atoms with Crippen LogP contribution in [0.3, 0.4) is 0 Å².